The van der Waals surface area contributed by atoms with Gasteiger partial charge in [-0.25, -0.2) is 0 Å². The zero-order valence-corrected chi connectivity index (χ0v) is 15.2. The Balaban J connectivity index is 1.32. The zero-order valence-electron chi connectivity index (χ0n) is 15.2. The van der Waals surface area contributed by atoms with Crippen molar-refractivity contribution in [3.05, 3.63) is 36.5 Å². The summed E-state index contributed by atoms with van der Waals surface area (Å²) in [4.78, 5) is 26.9. The van der Waals surface area contributed by atoms with Crippen LogP contribution in [-0.2, 0) is 14.3 Å². The van der Waals surface area contributed by atoms with E-state index in [0.29, 0.717) is 32.5 Å². The van der Waals surface area contributed by atoms with Gasteiger partial charge in [0, 0.05) is 43.1 Å². The van der Waals surface area contributed by atoms with Crippen LogP contribution in [-0.4, -0.2) is 52.7 Å². The maximum Gasteiger partial charge on any atom is 0.251 e. The van der Waals surface area contributed by atoms with Crippen molar-refractivity contribution in [3.8, 4) is 11.3 Å². The molecular formula is C20H24N4O3. The Morgan fingerprint density at radius 1 is 1.19 bits per heavy atom. The van der Waals surface area contributed by atoms with Gasteiger partial charge in [-0.15, -0.1) is 0 Å². The number of hydrogen-bond donors (Lipinski definition) is 2. The number of aromatic amines is 1. The molecule has 2 N–H and O–H groups in total. The minimum absolute atomic E-state index is 0.0148. The summed E-state index contributed by atoms with van der Waals surface area (Å²) in [6.07, 6.45) is 4.56. The first-order valence-corrected chi connectivity index (χ1v) is 9.52. The highest BCUT2D eigenvalue weighted by Crippen LogP contribution is 2.24. The number of rotatable bonds is 4. The van der Waals surface area contributed by atoms with Gasteiger partial charge in [0.2, 0.25) is 5.91 Å². The van der Waals surface area contributed by atoms with Crippen molar-refractivity contribution in [1.82, 2.24) is 15.1 Å². The van der Waals surface area contributed by atoms with Gasteiger partial charge in [0.1, 0.15) is 6.10 Å². The van der Waals surface area contributed by atoms with Crippen LogP contribution in [0.25, 0.3) is 11.3 Å². The van der Waals surface area contributed by atoms with Crippen LogP contribution in [0.4, 0.5) is 5.69 Å². The van der Waals surface area contributed by atoms with Crippen molar-refractivity contribution in [2.24, 2.45) is 5.92 Å². The Labute approximate surface area is 158 Å². The third-order valence-corrected chi connectivity index (χ3v) is 5.32. The molecule has 2 saturated heterocycles. The molecule has 0 spiro atoms. The SMILES string of the molecule is O=C(Nc1cccc(-c2ccn[nH]2)c1)C1CCN(C(=O)C2CCCO2)CC1. The second kappa shape index (κ2) is 7.92. The fourth-order valence-electron chi connectivity index (χ4n) is 3.76. The molecule has 2 aliphatic rings. The smallest absolute Gasteiger partial charge is 0.251 e. The summed E-state index contributed by atoms with van der Waals surface area (Å²) in [5.74, 6) is 0.0222. The van der Waals surface area contributed by atoms with E-state index in [9.17, 15) is 9.59 Å². The summed E-state index contributed by atoms with van der Waals surface area (Å²) in [5.41, 5.74) is 2.65. The van der Waals surface area contributed by atoms with Crippen molar-refractivity contribution < 1.29 is 14.3 Å². The first-order chi connectivity index (χ1) is 13.2. The van der Waals surface area contributed by atoms with E-state index in [2.05, 4.69) is 15.5 Å². The maximum absolute atomic E-state index is 12.6. The molecule has 2 aliphatic heterocycles. The van der Waals surface area contributed by atoms with E-state index in [-0.39, 0.29) is 23.8 Å². The number of carbonyl (C=O) groups is 2. The van der Waals surface area contributed by atoms with Crippen LogP contribution >= 0.6 is 0 Å². The fourth-order valence-corrected chi connectivity index (χ4v) is 3.76. The molecule has 3 heterocycles. The predicted octanol–water partition coefficient (Wildman–Crippen LogP) is 2.43. The van der Waals surface area contributed by atoms with Gasteiger partial charge in [-0.3, -0.25) is 14.7 Å². The van der Waals surface area contributed by atoms with E-state index in [1.165, 1.54) is 0 Å². The number of carbonyl (C=O) groups excluding carboxylic acids is 2. The third-order valence-electron chi connectivity index (χ3n) is 5.32. The number of piperidine rings is 1. The standard InChI is InChI=1S/C20H24N4O3/c25-19(22-16-4-1-3-15(13-16)17-6-9-21-23-17)14-7-10-24(11-8-14)20(26)18-5-2-12-27-18/h1,3-4,6,9,13-14,18H,2,5,7-8,10-12H2,(H,21,23)(H,22,25). The molecule has 27 heavy (non-hydrogen) atoms. The molecular weight excluding hydrogens is 344 g/mol. The number of amides is 2. The third kappa shape index (κ3) is 4.03. The van der Waals surface area contributed by atoms with Crippen LogP contribution < -0.4 is 5.32 Å². The number of likely N-dealkylation sites (tertiary alicyclic amines) is 1. The van der Waals surface area contributed by atoms with Crippen molar-refractivity contribution in [3.63, 3.8) is 0 Å². The van der Waals surface area contributed by atoms with E-state index >= 15 is 0 Å². The monoisotopic (exact) mass is 368 g/mol. The highest BCUT2D eigenvalue weighted by Gasteiger charge is 2.32. The zero-order chi connectivity index (χ0) is 18.6. The molecule has 1 aromatic carbocycles. The summed E-state index contributed by atoms with van der Waals surface area (Å²) >= 11 is 0. The Hall–Kier alpha value is -2.67. The molecule has 4 rings (SSSR count). The topological polar surface area (TPSA) is 87.3 Å². The Kier molecular flexibility index (Phi) is 5.20. The van der Waals surface area contributed by atoms with E-state index in [1.54, 1.807) is 6.20 Å². The summed E-state index contributed by atoms with van der Waals surface area (Å²) < 4.78 is 5.49. The van der Waals surface area contributed by atoms with E-state index in [1.807, 2.05) is 35.2 Å². The van der Waals surface area contributed by atoms with Gasteiger partial charge < -0.3 is 15.0 Å². The molecule has 7 nitrogen and oxygen atoms in total. The molecule has 2 fully saturated rings. The lowest BCUT2D eigenvalue weighted by molar-refractivity contribution is -0.143. The van der Waals surface area contributed by atoms with Gasteiger partial charge in [-0.1, -0.05) is 12.1 Å². The maximum atomic E-state index is 12.6. The second-order valence-electron chi connectivity index (χ2n) is 7.14. The molecule has 142 valence electrons. The number of hydrogen-bond acceptors (Lipinski definition) is 4. The normalized spacial score (nSPS) is 20.6. The van der Waals surface area contributed by atoms with Crippen LogP contribution in [0.2, 0.25) is 0 Å². The summed E-state index contributed by atoms with van der Waals surface area (Å²) in [7, 11) is 0. The van der Waals surface area contributed by atoms with Crippen molar-refractivity contribution in [2.75, 3.05) is 25.0 Å². The predicted molar refractivity (Wildman–Crippen MR) is 101 cm³/mol. The fraction of sp³-hybridized carbons (Fsp3) is 0.450. The van der Waals surface area contributed by atoms with Crippen LogP contribution in [0.15, 0.2) is 36.5 Å². The Morgan fingerprint density at radius 3 is 2.74 bits per heavy atom. The minimum atomic E-state index is -0.277. The molecule has 2 amide bonds. The van der Waals surface area contributed by atoms with Gasteiger partial charge in [-0.05, 0) is 43.9 Å². The lowest BCUT2D eigenvalue weighted by atomic mass is 9.95. The average Bonchev–Trinajstić information content (AvgIpc) is 3.42. The summed E-state index contributed by atoms with van der Waals surface area (Å²) in [6, 6.07) is 9.59. The van der Waals surface area contributed by atoms with E-state index < -0.39 is 0 Å². The molecule has 1 unspecified atom stereocenters. The summed E-state index contributed by atoms with van der Waals surface area (Å²) in [5, 5.41) is 9.90. The van der Waals surface area contributed by atoms with Crippen molar-refractivity contribution in [1.29, 1.82) is 0 Å². The van der Waals surface area contributed by atoms with Gasteiger partial charge in [0.05, 0.1) is 5.69 Å². The first kappa shape index (κ1) is 17.7. The van der Waals surface area contributed by atoms with Crippen molar-refractivity contribution >= 4 is 17.5 Å². The van der Waals surface area contributed by atoms with Crippen LogP contribution in [0.5, 0.6) is 0 Å². The quantitative estimate of drug-likeness (QED) is 0.868. The summed E-state index contributed by atoms with van der Waals surface area (Å²) in [6.45, 7) is 1.91. The Bertz CT molecular complexity index is 791. The molecule has 0 saturated carbocycles. The van der Waals surface area contributed by atoms with Crippen LogP contribution in [0, 0.1) is 5.92 Å². The molecule has 0 aliphatic carbocycles. The second-order valence-corrected chi connectivity index (χ2v) is 7.14. The van der Waals surface area contributed by atoms with Gasteiger partial charge in [0.15, 0.2) is 0 Å². The highest BCUT2D eigenvalue weighted by atomic mass is 16.5. The minimum Gasteiger partial charge on any atom is -0.368 e. The lowest BCUT2D eigenvalue weighted by Crippen LogP contribution is -2.45. The van der Waals surface area contributed by atoms with Gasteiger partial charge in [-0.2, -0.15) is 5.10 Å². The lowest BCUT2D eigenvalue weighted by Gasteiger charge is -2.32. The molecule has 1 atom stereocenters. The van der Waals surface area contributed by atoms with Gasteiger partial charge >= 0.3 is 0 Å². The first-order valence-electron chi connectivity index (χ1n) is 9.52. The number of aromatic nitrogens is 2. The number of ether oxygens (including phenoxy) is 1. The number of H-pyrrole nitrogens is 1. The molecule has 1 aromatic heterocycles. The molecule has 0 bridgehead atoms. The number of benzene rings is 1. The molecule has 7 heteroatoms. The number of nitrogens with one attached hydrogen (secondary N) is 2. The van der Waals surface area contributed by atoms with Crippen molar-refractivity contribution in [2.45, 2.75) is 31.8 Å². The largest absolute Gasteiger partial charge is 0.368 e. The van der Waals surface area contributed by atoms with Gasteiger partial charge in [0.25, 0.3) is 5.91 Å². The van der Waals surface area contributed by atoms with Crippen LogP contribution in [0.1, 0.15) is 25.7 Å². The highest BCUT2D eigenvalue weighted by molar-refractivity contribution is 5.93. The average molecular weight is 368 g/mol. The Morgan fingerprint density at radius 2 is 2.04 bits per heavy atom. The molecule has 2 aromatic rings. The van der Waals surface area contributed by atoms with E-state index in [0.717, 1.165) is 29.8 Å². The number of anilines is 1. The van der Waals surface area contributed by atoms with Crippen LogP contribution in [0.3, 0.4) is 0 Å². The molecule has 0 radical (unpaired) electrons. The number of nitrogens with zero attached hydrogens (tertiary/aromatic N) is 2. The van der Waals surface area contributed by atoms with E-state index in [4.69, 9.17) is 4.74 Å².